The highest BCUT2D eigenvalue weighted by molar-refractivity contribution is 5.47. The van der Waals surface area contributed by atoms with Gasteiger partial charge < -0.3 is 15.1 Å². The summed E-state index contributed by atoms with van der Waals surface area (Å²) in [7, 11) is 2.02. The zero-order valence-electron chi connectivity index (χ0n) is 18.0. The standard InChI is InChI=1S/C25H37NO2/c1-5-6-8-11-19(2)20(3)22-16-24(27)23(25(28)17-22)18-26(4)15-14-21-12-9-7-10-13-21/h7,9-10,12-13,16-17,19-20,27-28H,5-6,8,11,14-15,18H2,1-4H3. The molecule has 3 nitrogen and oxygen atoms in total. The fourth-order valence-corrected chi connectivity index (χ4v) is 3.70. The van der Waals surface area contributed by atoms with E-state index in [4.69, 9.17) is 0 Å². The molecule has 0 saturated heterocycles. The summed E-state index contributed by atoms with van der Waals surface area (Å²) in [5, 5.41) is 21.1. The summed E-state index contributed by atoms with van der Waals surface area (Å²) in [5.41, 5.74) is 2.93. The molecule has 2 aromatic rings. The molecule has 0 amide bonds. The quantitative estimate of drug-likeness (QED) is 0.461. The van der Waals surface area contributed by atoms with Crippen molar-refractivity contribution >= 4 is 0 Å². The van der Waals surface area contributed by atoms with Crippen LogP contribution in [0, 0.1) is 5.92 Å². The van der Waals surface area contributed by atoms with Gasteiger partial charge in [-0.15, -0.1) is 0 Å². The minimum atomic E-state index is 0.203. The molecule has 2 unspecified atom stereocenters. The Labute approximate surface area is 171 Å². The van der Waals surface area contributed by atoms with Crippen molar-refractivity contribution in [2.45, 2.75) is 65.3 Å². The lowest BCUT2D eigenvalue weighted by molar-refractivity contribution is 0.315. The second kappa shape index (κ2) is 11.1. The average Bonchev–Trinajstić information content (AvgIpc) is 2.69. The maximum absolute atomic E-state index is 10.6. The van der Waals surface area contributed by atoms with Crippen molar-refractivity contribution in [1.29, 1.82) is 0 Å². The smallest absolute Gasteiger partial charge is 0.124 e. The highest BCUT2D eigenvalue weighted by atomic mass is 16.3. The molecule has 0 bridgehead atoms. The molecule has 154 valence electrons. The Balaban J connectivity index is 1.98. The number of benzene rings is 2. The molecule has 0 aromatic heterocycles. The molecule has 0 heterocycles. The van der Waals surface area contributed by atoms with Gasteiger partial charge in [-0.1, -0.05) is 76.8 Å². The van der Waals surface area contributed by atoms with Crippen LogP contribution in [-0.2, 0) is 13.0 Å². The number of nitrogens with zero attached hydrogens (tertiary/aromatic N) is 1. The summed E-state index contributed by atoms with van der Waals surface area (Å²) in [6.45, 7) is 8.08. The van der Waals surface area contributed by atoms with E-state index < -0.39 is 0 Å². The van der Waals surface area contributed by atoms with Gasteiger partial charge in [-0.25, -0.2) is 0 Å². The molecule has 0 spiro atoms. The molecular weight excluding hydrogens is 346 g/mol. The fraction of sp³-hybridized carbons (Fsp3) is 0.520. The maximum Gasteiger partial charge on any atom is 0.124 e. The molecule has 0 fully saturated rings. The Bertz CT molecular complexity index is 691. The Morgan fingerprint density at radius 1 is 0.964 bits per heavy atom. The minimum absolute atomic E-state index is 0.203. The Morgan fingerprint density at radius 2 is 1.61 bits per heavy atom. The Morgan fingerprint density at radius 3 is 2.21 bits per heavy atom. The number of phenols is 2. The van der Waals surface area contributed by atoms with E-state index in [0.29, 0.717) is 23.9 Å². The van der Waals surface area contributed by atoms with Crippen LogP contribution in [0.25, 0.3) is 0 Å². The summed E-state index contributed by atoms with van der Waals surface area (Å²) < 4.78 is 0. The molecule has 3 heteroatoms. The topological polar surface area (TPSA) is 43.7 Å². The molecule has 0 aliphatic heterocycles. The van der Waals surface area contributed by atoms with E-state index in [2.05, 4.69) is 49.9 Å². The highest BCUT2D eigenvalue weighted by Crippen LogP contribution is 2.36. The Kier molecular flexibility index (Phi) is 8.85. The van der Waals surface area contributed by atoms with Crippen molar-refractivity contribution < 1.29 is 10.2 Å². The van der Waals surface area contributed by atoms with Gasteiger partial charge in [0.15, 0.2) is 0 Å². The van der Waals surface area contributed by atoms with Gasteiger partial charge in [0, 0.05) is 18.7 Å². The van der Waals surface area contributed by atoms with E-state index in [1.807, 2.05) is 25.2 Å². The molecule has 0 radical (unpaired) electrons. The molecule has 0 saturated carbocycles. The van der Waals surface area contributed by atoms with Gasteiger partial charge in [0.05, 0.1) is 0 Å². The highest BCUT2D eigenvalue weighted by Gasteiger charge is 2.19. The van der Waals surface area contributed by atoms with Gasteiger partial charge >= 0.3 is 0 Å². The molecule has 2 aromatic carbocycles. The molecule has 0 aliphatic rings. The first-order valence-corrected chi connectivity index (χ1v) is 10.7. The SMILES string of the molecule is CCCCCC(C)C(C)c1cc(O)c(CN(C)CCc2ccccc2)c(O)c1. The number of hydrogen-bond donors (Lipinski definition) is 2. The van der Waals surface area contributed by atoms with Gasteiger partial charge in [0.25, 0.3) is 0 Å². The number of unbranched alkanes of at least 4 members (excludes halogenated alkanes) is 2. The summed E-state index contributed by atoms with van der Waals surface area (Å²) >= 11 is 0. The van der Waals surface area contributed by atoms with Crippen LogP contribution in [0.2, 0.25) is 0 Å². The average molecular weight is 384 g/mol. The number of phenolic OH excluding ortho intramolecular Hbond substituents is 2. The maximum atomic E-state index is 10.6. The third-order valence-electron chi connectivity index (χ3n) is 5.92. The van der Waals surface area contributed by atoms with E-state index in [-0.39, 0.29) is 11.5 Å². The van der Waals surface area contributed by atoms with Crippen molar-refractivity contribution in [3.05, 3.63) is 59.2 Å². The number of aromatic hydroxyl groups is 2. The van der Waals surface area contributed by atoms with Crippen LogP contribution in [0.1, 0.15) is 69.1 Å². The van der Waals surface area contributed by atoms with Crippen LogP contribution in [0.5, 0.6) is 11.5 Å². The lowest BCUT2D eigenvalue weighted by Gasteiger charge is -2.23. The number of likely N-dealkylation sites (N-methyl/N-ethyl adjacent to an activating group) is 1. The predicted molar refractivity (Wildman–Crippen MR) is 118 cm³/mol. The van der Waals surface area contributed by atoms with Crippen LogP contribution in [0.15, 0.2) is 42.5 Å². The third-order valence-corrected chi connectivity index (χ3v) is 5.92. The molecule has 2 rings (SSSR count). The predicted octanol–water partition coefficient (Wildman–Crippen LogP) is 6.09. The van der Waals surface area contributed by atoms with Gasteiger partial charge in [-0.2, -0.15) is 0 Å². The summed E-state index contributed by atoms with van der Waals surface area (Å²) in [4.78, 5) is 2.14. The largest absolute Gasteiger partial charge is 0.507 e. The number of hydrogen-bond acceptors (Lipinski definition) is 3. The first kappa shape index (κ1) is 22.3. The van der Waals surface area contributed by atoms with Gasteiger partial charge in [0.2, 0.25) is 0 Å². The minimum Gasteiger partial charge on any atom is -0.507 e. The lowest BCUT2D eigenvalue weighted by atomic mass is 9.85. The van der Waals surface area contributed by atoms with Gasteiger partial charge in [-0.05, 0) is 48.6 Å². The van der Waals surface area contributed by atoms with Gasteiger partial charge in [0.1, 0.15) is 11.5 Å². The van der Waals surface area contributed by atoms with E-state index in [1.54, 1.807) is 0 Å². The first-order valence-electron chi connectivity index (χ1n) is 10.7. The monoisotopic (exact) mass is 383 g/mol. The summed E-state index contributed by atoms with van der Waals surface area (Å²) in [6.07, 6.45) is 5.87. The normalized spacial score (nSPS) is 13.6. The van der Waals surface area contributed by atoms with Gasteiger partial charge in [-0.3, -0.25) is 0 Å². The van der Waals surface area contributed by atoms with E-state index in [1.165, 1.54) is 31.2 Å². The lowest BCUT2D eigenvalue weighted by Crippen LogP contribution is -2.21. The van der Waals surface area contributed by atoms with E-state index in [9.17, 15) is 10.2 Å². The second-order valence-electron chi connectivity index (χ2n) is 8.27. The first-order chi connectivity index (χ1) is 13.4. The van der Waals surface area contributed by atoms with Crippen molar-refractivity contribution in [2.24, 2.45) is 5.92 Å². The van der Waals surface area contributed by atoms with Crippen molar-refractivity contribution in [1.82, 2.24) is 4.90 Å². The van der Waals surface area contributed by atoms with Crippen molar-refractivity contribution in [3.8, 4) is 11.5 Å². The molecule has 2 atom stereocenters. The van der Waals surface area contributed by atoms with Crippen molar-refractivity contribution in [3.63, 3.8) is 0 Å². The molecule has 28 heavy (non-hydrogen) atoms. The van der Waals surface area contributed by atoms with E-state index >= 15 is 0 Å². The van der Waals surface area contributed by atoms with E-state index in [0.717, 1.165) is 18.5 Å². The third kappa shape index (κ3) is 6.56. The number of rotatable bonds is 11. The van der Waals surface area contributed by atoms with Crippen LogP contribution in [0.3, 0.4) is 0 Å². The van der Waals surface area contributed by atoms with Crippen LogP contribution in [-0.4, -0.2) is 28.7 Å². The summed E-state index contributed by atoms with van der Waals surface area (Å²) in [6, 6.07) is 14.1. The van der Waals surface area contributed by atoms with Crippen LogP contribution < -0.4 is 0 Å². The molecule has 0 aliphatic carbocycles. The van der Waals surface area contributed by atoms with Crippen molar-refractivity contribution in [2.75, 3.05) is 13.6 Å². The molecular formula is C25H37NO2. The molecule has 2 N–H and O–H groups in total. The summed E-state index contributed by atoms with van der Waals surface area (Å²) in [5.74, 6) is 1.26. The zero-order valence-corrected chi connectivity index (χ0v) is 18.0. The second-order valence-corrected chi connectivity index (χ2v) is 8.27. The Hall–Kier alpha value is -2.00. The van der Waals surface area contributed by atoms with Crippen LogP contribution in [0.4, 0.5) is 0 Å². The van der Waals surface area contributed by atoms with Crippen LogP contribution >= 0.6 is 0 Å². The fourth-order valence-electron chi connectivity index (χ4n) is 3.70. The zero-order chi connectivity index (χ0) is 20.5.